The summed E-state index contributed by atoms with van der Waals surface area (Å²) in [6.07, 6.45) is 0. The Morgan fingerprint density at radius 1 is 0.236 bits per heavy atom. The monoisotopic (exact) mass is 932 g/mol. The highest BCUT2D eigenvalue weighted by Crippen LogP contribution is 2.51. The van der Waals surface area contributed by atoms with Gasteiger partial charge in [0.25, 0.3) is 0 Å². The van der Waals surface area contributed by atoms with E-state index in [0.717, 1.165) is 121 Å². The first kappa shape index (κ1) is 39.2. The standard InChI is InChI=1S/C64H34F2N2O4/c65-51-33-53(67(35-17-25-59-47(29-35)39-9-1-5-13-55(39)69-59)36-18-26-60-48(30-36)40-10-2-6-14-56(40)70-60)45-23-21-44-52(66)34-54(46-24-22-43(51)63(45)64(44)46)68(37-19-27-61-49(31-37)41-11-3-7-15-57(41)71-61)38-20-28-62-50(32-38)42-12-4-8-16-58(42)72-62/h1-34H. The SMILES string of the molecule is Fc1cc(N(c2ccc3oc4ccccc4c3c2)c2ccc3oc4ccccc4c3c2)c2ccc3c(F)cc(N(c4ccc5oc6ccccc6c5c4)c4ccc5oc6ccccc6c5c4)c4ccc1c2c34. The van der Waals surface area contributed by atoms with Crippen LogP contribution in [0.5, 0.6) is 0 Å². The van der Waals surface area contributed by atoms with E-state index >= 15 is 8.78 Å². The Labute approximate surface area is 406 Å². The van der Waals surface area contributed by atoms with E-state index in [2.05, 4.69) is 58.3 Å². The maximum Gasteiger partial charge on any atom is 0.135 e. The third-order valence-electron chi connectivity index (χ3n) is 14.7. The number of furan rings is 4. The summed E-state index contributed by atoms with van der Waals surface area (Å²) in [7, 11) is 0. The van der Waals surface area contributed by atoms with E-state index in [1.807, 2.05) is 146 Å². The number of fused-ring (bicyclic) bond motifs is 12. The number of benzene rings is 12. The first-order valence-corrected chi connectivity index (χ1v) is 23.8. The molecule has 0 fully saturated rings. The molecule has 0 N–H and O–H groups in total. The molecule has 0 saturated carbocycles. The van der Waals surface area contributed by atoms with Gasteiger partial charge in [-0.3, -0.25) is 0 Å². The number of hydrogen-bond acceptors (Lipinski definition) is 6. The molecule has 0 radical (unpaired) electrons. The molecule has 16 rings (SSSR count). The quantitative estimate of drug-likeness (QED) is 0.155. The van der Waals surface area contributed by atoms with Crippen LogP contribution in [-0.4, -0.2) is 0 Å². The molecule has 0 atom stereocenters. The third-order valence-corrected chi connectivity index (χ3v) is 14.7. The maximum atomic E-state index is 17.5. The van der Waals surface area contributed by atoms with Gasteiger partial charge in [0, 0.05) is 98.2 Å². The molecule has 16 aromatic rings. The molecule has 338 valence electrons. The zero-order valence-electron chi connectivity index (χ0n) is 37.9. The zero-order chi connectivity index (χ0) is 47.3. The Hall–Kier alpha value is -9.66. The van der Waals surface area contributed by atoms with E-state index in [0.29, 0.717) is 32.9 Å². The number of rotatable bonds is 6. The number of anilines is 6. The van der Waals surface area contributed by atoms with E-state index in [4.69, 9.17) is 17.7 Å². The number of nitrogens with zero attached hydrogens (tertiary/aromatic N) is 2. The summed E-state index contributed by atoms with van der Waals surface area (Å²) in [5.41, 5.74) is 10.4. The second-order valence-electron chi connectivity index (χ2n) is 18.6. The van der Waals surface area contributed by atoms with E-state index in [-0.39, 0.29) is 0 Å². The maximum absolute atomic E-state index is 17.5. The predicted molar refractivity (Wildman–Crippen MR) is 289 cm³/mol. The Morgan fingerprint density at radius 3 is 0.806 bits per heavy atom. The molecule has 72 heavy (non-hydrogen) atoms. The van der Waals surface area contributed by atoms with Gasteiger partial charge in [-0.1, -0.05) is 97.1 Å². The summed E-state index contributed by atoms with van der Waals surface area (Å²) >= 11 is 0. The van der Waals surface area contributed by atoms with Crippen molar-refractivity contribution in [1.29, 1.82) is 0 Å². The van der Waals surface area contributed by atoms with Crippen LogP contribution in [0.4, 0.5) is 42.9 Å². The van der Waals surface area contributed by atoms with Gasteiger partial charge in [-0.05, 0) is 109 Å². The Bertz CT molecular complexity index is 4410. The van der Waals surface area contributed by atoms with Crippen LogP contribution in [0.25, 0.3) is 120 Å². The zero-order valence-corrected chi connectivity index (χ0v) is 37.9. The third kappa shape index (κ3) is 5.51. The van der Waals surface area contributed by atoms with Crippen molar-refractivity contribution in [2.75, 3.05) is 9.80 Å². The first-order valence-electron chi connectivity index (χ1n) is 23.8. The van der Waals surface area contributed by atoms with Crippen LogP contribution >= 0.6 is 0 Å². The second-order valence-corrected chi connectivity index (χ2v) is 18.6. The fraction of sp³-hybridized carbons (Fsp3) is 0. The summed E-state index contributed by atoms with van der Waals surface area (Å²) in [5, 5.41) is 11.1. The minimum absolute atomic E-state index is 0.389. The van der Waals surface area contributed by atoms with Gasteiger partial charge in [0.2, 0.25) is 0 Å². The highest BCUT2D eigenvalue weighted by Gasteiger charge is 2.27. The molecule has 0 aliphatic heterocycles. The van der Waals surface area contributed by atoms with Crippen molar-refractivity contribution in [3.05, 3.63) is 218 Å². The normalized spacial score (nSPS) is 12.3. The molecule has 6 nitrogen and oxygen atoms in total. The van der Waals surface area contributed by atoms with E-state index in [1.165, 1.54) is 0 Å². The lowest BCUT2D eigenvalue weighted by atomic mass is 9.91. The molecule has 0 amide bonds. The van der Waals surface area contributed by atoms with Crippen molar-refractivity contribution in [2.24, 2.45) is 0 Å². The number of hydrogen-bond donors (Lipinski definition) is 0. The van der Waals surface area contributed by atoms with Crippen molar-refractivity contribution in [1.82, 2.24) is 0 Å². The highest BCUT2D eigenvalue weighted by atomic mass is 19.1. The van der Waals surface area contributed by atoms with Crippen LogP contribution in [0.2, 0.25) is 0 Å². The van der Waals surface area contributed by atoms with Gasteiger partial charge in [0.15, 0.2) is 0 Å². The molecule has 0 bridgehead atoms. The summed E-state index contributed by atoms with van der Waals surface area (Å²) in [6.45, 7) is 0. The van der Waals surface area contributed by atoms with Gasteiger partial charge in [-0.15, -0.1) is 0 Å². The lowest BCUT2D eigenvalue weighted by Crippen LogP contribution is -2.12. The second kappa shape index (κ2) is 14.4. The molecule has 4 aromatic heterocycles. The van der Waals surface area contributed by atoms with Gasteiger partial charge < -0.3 is 27.5 Å². The van der Waals surface area contributed by atoms with Crippen LogP contribution in [0.3, 0.4) is 0 Å². The molecule has 0 spiro atoms. The molecular formula is C64H34F2N2O4. The molecular weight excluding hydrogens is 899 g/mol. The van der Waals surface area contributed by atoms with Crippen molar-refractivity contribution in [3.8, 4) is 0 Å². The molecule has 4 heterocycles. The van der Waals surface area contributed by atoms with E-state index in [9.17, 15) is 0 Å². The Balaban J connectivity index is 0.976. The van der Waals surface area contributed by atoms with Gasteiger partial charge >= 0.3 is 0 Å². The average Bonchev–Trinajstić information content (AvgIpc) is 4.19. The van der Waals surface area contributed by atoms with Gasteiger partial charge in [0.05, 0.1) is 11.4 Å². The molecule has 0 unspecified atom stereocenters. The topological polar surface area (TPSA) is 59.0 Å². The minimum atomic E-state index is -0.432. The molecule has 8 heteroatoms. The summed E-state index contributed by atoms with van der Waals surface area (Å²) in [6, 6.07) is 67.0. The van der Waals surface area contributed by atoms with Crippen LogP contribution in [-0.2, 0) is 0 Å². The van der Waals surface area contributed by atoms with Gasteiger partial charge in [-0.25, -0.2) is 8.78 Å². The molecule has 0 aliphatic rings. The van der Waals surface area contributed by atoms with Crippen molar-refractivity contribution >= 4 is 154 Å². The van der Waals surface area contributed by atoms with Crippen LogP contribution in [0.15, 0.2) is 224 Å². The average molecular weight is 933 g/mol. The lowest BCUT2D eigenvalue weighted by Gasteiger charge is -2.30. The molecule has 0 saturated heterocycles. The molecule has 0 aliphatic carbocycles. The van der Waals surface area contributed by atoms with Crippen LogP contribution in [0.1, 0.15) is 0 Å². The Kier molecular flexibility index (Phi) is 7.87. The number of para-hydroxylation sites is 4. The lowest BCUT2D eigenvalue weighted by molar-refractivity contribution is 0.639. The van der Waals surface area contributed by atoms with Gasteiger partial charge in [0.1, 0.15) is 56.3 Å². The Morgan fingerprint density at radius 2 is 0.500 bits per heavy atom. The summed E-state index contributed by atoms with van der Waals surface area (Å²) in [5.74, 6) is -0.863. The summed E-state index contributed by atoms with van der Waals surface area (Å²) in [4.78, 5) is 4.19. The fourth-order valence-corrected chi connectivity index (χ4v) is 11.5. The van der Waals surface area contributed by atoms with Crippen molar-refractivity contribution < 1.29 is 26.4 Å². The summed E-state index contributed by atoms with van der Waals surface area (Å²) < 4.78 is 60.2. The van der Waals surface area contributed by atoms with Crippen molar-refractivity contribution in [2.45, 2.75) is 0 Å². The van der Waals surface area contributed by atoms with Crippen LogP contribution < -0.4 is 9.80 Å². The predicted octanol–water partition coefficient (Wildman–Crippen LogP) is 19.4. The van der Waals surface area contributed by atoms with E-state index in [1.54, 1.807) is 12.1 Å². The highest BCUT2D eigenvalue weighted by molar-refractivity contribution is 6.29. The minimum Gasteiger partial charge on any atom is -0.456 e. The van der Waals surface area contributed by atoms with E-state index < -0.39 is 11.6 Å². The smallest absolute Gasteiger partial charge is 0.135 e. The van der Waals surface area contributed by atoms with Crippen molar-refractivity contribution in [3.63, 3.8) is 0 Å². The largest absolute Gasteiger partial charge is 0.456 e. The fourth-order valence-electron chi connectivity index (χ4n) is 11.5. The number of halogens is 2. The van der Waals surface area contributed by atoms with Crippen LogP contribution in [0, 0.1) is 11.6 Å². The first-order chi connectivity index (χ1) is 35.5. The van der Waals surface area contributed by atoms with Gasteiger partial charge in [-0.2, -0.15) is 0 Å². The molecule has 12 aromatic carbocycles.